The van der Waals surface area contributed by atoms with E-state index in [1.807, 2.05) is 56.3 Å². The van der Waals surface area contributed by atoms with Crippen LogP contribution in [0.15, 0.2) is 72.8 Å². The topological polar surface area (TPSA) is 105 Å². The lowest BCUT2D eigenvalue weighted by Crippen LogP contribution is -2.51. The highest BCUT2D eigenvalue weighted by atomic mass is 35.5. The predicted molar refractivity (Wildman–Crippen MR) is 163 cm³/mol. The molecule has 9 nitrogen and oxygen atoms in total. The smallest absolute Gasteiger partial charge is 0.243 e. The van der Waals surface area contributed by atoms with Gasteiger partial charge in [0.15, 0.2) is 11.5 Å². The van der Waals surface area contributed by atoms with Gasteiger partial charge in [-0.05, 0) is 49.6 Å². The van der Waals surface area contributed by atoms with Gasteiger partial charge in [0, 0.05) is 43.1 Å². The van der Waals surface area contributed by atoms with Gasteiger partial charge < -0.3 is 19.7 Å². The average Bonchev–Trinajstić information content (AvgIpc) is 3.41. The van der Waals surface area contributed by atoms with Crippen LogP contribution in [0.3, 0.4) is 0 Å². The minimum atomic E-state index is -3.66. The van der Waals surface area contributed by atoms with Crippen LogP contribution in [0.25, 0.3) is 0 Å². The number of carbonyl (C=O) groups excluding carboxylic acids is 2. The number of nitrogens with zero attached hydrogens (tertiary/aromatic N) is 2. The Hall–Kier alpha value is -3.76. The van der Waals surface area contributed by atoms with E-state index >= 15 is 0 Å². The normalized spacial score (nSPS) is 13.1. The quantitative estimate of drug-likeness (QED) is 0.298. The van der Waals surface area contributed by atoms with Crippen LogP contribution in [-0.2, 0) is 32.6 Å². The molecule has 224 valence electrons. The Kier molecular flexibility index (Phi) is 10.3. The Morgan fingerprint density at radius 2 is 1.67 bits per heavy atom. The van der Waals surface area contributed by atoms with E-state index in [2.05, 4.69) is 5.32 Å². The number of fused-ring (bicyclic) bond motifs is 1. The molecule has 4 rings (SSSR count). The van der Waals surface area contributed by atoms with Gasteiger partial charge in [-0.25, -0.2) is 8.42 Å². The van der Waals surface area contributed by atoms with E-state index in [1.54, 1.807) is 35.2 Å². The first-order valence-corrected chi connectivity index (χ1v) is 16.0. The number of anilines is 1. The van der Waals surface area contributed by atoms with Crippen molar-refractivity contribution in [3.8, 4) is 11.5 Å². The molecule has 0 saturated heterocycles. The van der Waals surface area contributed by atoms with Crippen molar-refractivity contribution < 1.29 is 27.5 Å². The van der Waals surface area contributed by atoms with Crippen molar-refractivity contribution in [1.82, 2.24) is 10.2 Å². The molecular formula is C31H36ClN3O6S. The zero-order chi connectivity index (χ0) is 30.3. The van der Waals surface area contributed by atoms with E-state index in [-0.39, 0.29) is 50.6 Å². The van der Waals surface area contributed by atoms with Gasteiger partial charge in [0.05, 0.1) is 11.9 Å². The number of ether oxygens (including phenoxy) is 2. The Morgan fingerprint density at radius 1 is 0.976 bits per heavy atom. The third kappa shape index (κ3) is 8.17. The zero-order valence-corrected chi connectivity index (χ0v) is 25.5. The highest BCUT2D eigenvalue weighted by Gasteiger charge is 2.31. The highest BCUT2D eigenvalue weighted by Crippen LogP contribution is 2.36. The summed E-state index contributed by atoms with van der Waals surface area (Å²) in [5, 5.41) is 3.45. The maximum atomic E-state index is 13.9. The molecule has 0 saturated carbocycles. The predicted octanol–water partition coefficient (Wildman–Crippen LogP) is 4.78. The second-order valence-corrected chi connectivity index (χ2v) is 12.8. The molecule has 1 heterocycles. The lowest BCUT2D eigenvalue weighted by molar-refractivity contribution is -0.141. The van der Waals surface area contributed by atoms with Crippen molar-refractivity contribution in [2.75, 3.05) is 23.9 Å². The second kappa shape index (κ2) is 13.9. The van der Waals surface area contributed by atoms with E-state index in [0.29, 0.717) is 34.2 Å². The van der Waals surface area contributed by atoms with Crippen molar-refractivity contribution in [3.05, 3.63) is 88.9 Å². The molecule has 0 spiro atoms. The molecule has 0 bridgehead atoms. The monoisotopic (exact) mass is 613 g/mol. The van der Waals surface area contributed by atoms with Crippen LogP contribution in [0.4, 0.5) is 5.69 Å². The molecule has 1 N–H and O–H groups in total. The summed E-state index contributed by atoms with van der Waals surface area (Å²) in [7, 11) is -3.66. The minimum absolute atomic E-state index is 0.0152. The van der Waals surface area contributed by atoms with Gasteiger partial charge in [-0.3, -0.25) is 13.9 Å². The fraction of sp³-hybridized carbons (Fsp3) is 0.355. The first-order valence-electron chi connectivity index (χ1n) is 13.8. The van der Waals surface area contributed by atoms with Gasteiger partial charge in [-0.15, -0.1) is 0 Å². The SMILES string of the molecule is CC(C)NC(=O)C(Cc1ccccc1)N(Cc1ccccc1Cl)C(=O)CCCN(c1ccc2c(c1)OCO2)S(C)(=O)=O. The van der Waals surface area contributed by atoms with E-state index < -0.39 is 16.1 Å². The molecule has 42 heavy (non-hydrogen) atoms. The molecule has 1 unspecified atom stereocenters. The van der Waals surface area contributed by atoms with Crippen LogP contribution in [0, 0.1) is 0 Å². The number of hydrogen-bond acceptors (Lipinski definition) is 6. The molecule has 3 aromatic rings. The maximum Gasteiger partial charge on any atom is 0.243 e. The molecule has 0 aliphatic carbocycles. The molecule has 11 heteroatoms. The van der Waals surface area contributed by atoms with Crippen LogP contribution in [-0.4, -0.2) is 56.8 Å². The number of rotatable bonds is 13. The standard InChI is InChI=1S/C31H36ClN3O6S/c1-22(2)33-31(37)27(18-23-10-5-4-6-11-23)34(20-24-12-7-8-13-26(24)32)30(36)14-9-17-35(42(3,38)39)25-15-16-28-29(19-25)41-21-40-28/h4-8,10-13,15-16,19,22,27H,9,14,17-18,20-21H2,1-3H3,(H,33,37). The molecule has 3 aromatic carbocycles. The summed E-state index contributed by atoms with van der Waals surface area (Å²) in [5.74, 6) is 0.450. The Balaban J connectivity index is 1.58. The first-order chi connectivity index (χ1) is 20.0. The Bertz CT molecular complexity index is 1500. The summed E-state index contributed by atoms with van der Waals surface area (Å²) in [4.78, 5) is 29.0. The van der Waals surface area contributed by atoms with Crippen LogP contribution in [0.5, 0.6) is 11.5 Å². The minimum Gasteiger partial charge on any atom is -0.454 e. The number of nitrogens with one attached hydrogen (secondary N) is 1. The highest BCUT2D eigenvalue weighted by molar-refractivity contribution is 7.92. The van der Waals surface area contributed by atoms with Crippen molar-refractivity contribution in [1.29, 1.82) is 0 Å². The summed E-state index contributed by atoms with van der Waals surface area (Å²) in [6.45, 7) is 3.99. The van der Waals surface area contributed by atoms with Crippen LogP contribution < -0.4 is 19.1 Å². The van der Waals surface area contributed by atoms with Gasteiger partial charge in [0.25, 0.3) is 0 Å². The van der Waals surface area contributed by atoms with Crippen molar-refractivity contribution >= 4 is 39.1 Å². The number of carbonyl (C=O) groups is 2. The van der Waals surface area contributed by atoms with Crippen LogP contribution in [0.2, 0.25) is 5.02 Å². The fourth-order valence-electron chi connectivity index (χ4n) is 4.79. The molecule has 1 aliphatic heterocycles. The summed E-state index contributed by atoms with van der Waals surface area (Å²) >= 11 is 6.47. The van der Waals surface area contributed by atoms with E-state index in [9.17, 15) is 18.0 Å². The number of halogens is 1. The summed E-state index contributed by atoms with van der Waals surface area (Å²) < 4.78 is 37.4. The molecule has 2 amide bonds. The molecule has 0 radical (unpaired) electrons. The van der Waals surface area contributed by atoms with E-state index in [4.69, 9.17) is 21.1 Å². The summed E-state index contributed by atoms with van der Waals surface area (Å²) in [5.41, 5.74) is 2.03. The maximum absolute atomic E-state index is 13.9. The second-order valence-electron chi connectivity index (χ2n) is 10.5. The van der Waals surface area contributed by atoms with Crippen LogP contribution >= 0.6 is 11.6 Å². The van der Waals surface area contributed by atoms with E-state index in [0.717, 1.165) is 11.8 Å². The molecular weight excluding hydrogens is 578 g/mol. The molecule has 0 fully saturated rings. The van der Waals surface area contributed by atoms with Gasteiger partial charge in [-0.1, -0.05) is 60.1 Å². The van der Waals surface area contributed by atoms with Gasteiger partial charge >= 0.3 is 0 Å². The third-order valence-electron chi connectivity index (χ3n) is 6.80. The number of sulfonamides is 1. The Labute approximate surface area is 252 Å². The van der Waals surface area contributed by atoms with Crippen LogP contribution in [0.1, 0.15) is 37.8 Å². The fourth-order valence-corrected chi connectivity index (χ4v) is 5.94. The molecule has 1 aliphatic rings. The van der Waals surface area contributed by atoms with Crippen molar-refractivity contribution in [2.45, 2.75) is 51.7 Å². The Morgan fingerprint density at radius 3 is 2.36 bits per heavy atom. The van der Waals surface area contributed by atoms with Gasteiger partial charge in [0.2, 0.25) is 28.6 Å². The summed E-state index contributed by atoms with van der Waals surface area (Å²) in [6.07, 6.45) is 1.67. The largest absolute Gasteiger partial charge is 0.454 e. The first kappa shape index (κ1) is 31.2. The van der Waals surface area contributed by atoms with Crippen molar-refractivity contribution in [3.63, 3.8) is 0 Å². The molecule has 0 aromatic heterocycles. The summed E-state index contributed by atoms with van der Waals surface area (Å²) in [6, 6.07) is 20.7. The lowest BCUT2D eigenvalue weighted by Gasteiger charge is -2.32. The third-order valence-corrected chi connectivity index (χ3v) is 8.36. The average molecular weight is 614 g/mol. The number of benzene rings is 3. The number of hydrogen-bond donors (Lipinski definition) is 1. The van der Waals surface area contributed by atoms with E-state index in [1.165, 1.54) is 4.31 Å². The lowest BCUT2D eigenvalue weighted by atomic mass is 10.0. The zero-order valence-electron chi connectivity index (χ0n) is 24.0. The van der Waals surface area contributed by atoms with Gasteiger partial charge in [-0.2, -0.15) is 0 Å². The number of amides is 2. The molecule has 1 atom stereocenters. The van der Waals surface area contributed by atoms with Crippen molar-refractivity contribution in [2.24, 2.45) is 0 Å². The van der Waals surface area contributed by atoms with Gasteiger partial charge in [0.1, 0.15) is 6.04 Å².